The Hall–Kier alpha value is -1.88. The molecule has 84 valence electrons. The number of ether oxygens (including phenoxy) is 1. The van der Waals surface area contributed by atoms with E-state index < -0.39 is 0 Å². The molecule has 2 aromatic heterocycles. The lowest BCUT2D eigenvalue weighted by molar-refractivity contribution is 0.397. The Morgan fingerprint density at radius 2 is 2.19 bits per heavy atom. The molecule has 2 heterocycles. The zero-order valence-corrected chi connectivity index (χ0v) is 9.13. The monoisotopic (exact) mass is 218 g/mol. The van der Waals surface area contributed by atoms with Crippen molar-refractivity contribution in [3.8, 4) is 5.88 Å². The minimum Gasteiger partial charge on any atom is -0.481 e. The number of rotatable bonds is 4. The van der Waals surface area contributed by atoms with Crippen molar-refractivity contribution >= 4 is 0 Å². The Labute approximate surface area is 93.9 Å². The molecule has 2 aromatic rings. The van der Waals surface area contributed by atoms with Crippen LogP contribution in [-0.4, -0.2) is 21.9 Å². The van der Waals surface area contributed by atoms with Crippen LogP contribution in [0.15, 0.2) is 30.7 Å². The topological polar surface area (TPSA) is 66.0 Å². The lowest BCUT2D eigenvalue weighted by Gasteiger charge is -2.02. The van der Waals surface area contributed by atoms with Gasteiger partial charge in [0, 0.05) is 30.6 Å². The van der Waals surface area contributed by atoms with Crippen molar-refractivity contribution in [2.24, 2.45) is 5.73 Å². The smallest absolute Gasteiger partial charge is 0.212 e. The molecule has 0 radical (unpaired) electrons. The van der Waals surface area contributed by atoms with Gasteiger partial charge in [-0.3, -0.25) is 4.68 Å². The number of aromatic nitrogens is 3. The Morgan fingerprint density at radius 1 is 1.31 bits per heavy atom. The average Bonchev–Trinajstić information content (AvgIpc) is 2.78. The van der Waals surface area contributed by atoms with Gasteiger partial charge in [0.1, 0.15) is 0 Å². The maximum Gasteiger partial charge on any atom is 0.212 e. The standard InChI is InChI=1S/C11H14N4O/c1-16-11-3-2-9(5-13-11)7-15-8-10(4-12)6-14-15/h2-3,5-6,8H,4,7,12H2,1H3. The largest absolute Gasteiger partial charge is 0.481 e. The fourth-order valence-electron chi connectivity index (χ4n) is 1.41. The summed E-state index contributed by atoms with van der Waals surface area (Å²) in [5.74, 6) is 0.617. The lowest BCUT2D eigenvalue weighted by atomic mass is 10.3. The molecule has 0 saturated carbocycles. The SMILES string of the molecule is COc1ccc(Cn2cc(CN)cn2)cn1. The lowest BCUT2D eigenvalue weighted by Crippen LogP contribution is -2.01. The predicted octanol–water partition coefficient (Wildman–Crippen LogP) is 0.794. The molecule has 5 heteroatoms. The highest BCUT2D eigenvalue weighted by Crippen LogP contribution is 2.08. The van der Waals surface area contributed by atoms with Gasteiger partial charge >= 0.3 is 0 Å². The van der Waals surface area contributed by atoms with Crippen LogP contribution in [0, 0.1) is 0 Å². The van der Waals surface area contributed by atoms with Crippen LogP contribution < -0.4 is 10.5 Å². The second kappa shape index (κ2) is 4.76. The summed E-state index contributed by atoms with van der Waals surface area (Å²) in [6.07, 6.45) is 5.49. The van der Waals surface area contributed by atoms with Gasteiger partial charge in [0.2, 0.25) is 5.88 Å². The summed E-state index contributed by atoms with van der Waals surface area (Å²) in [5.41, 5.74) is 7.62. The van der Waals surface area contributed by atoms with Crippen LogP contribution in [-0.2, 0) is 13.1 Å². The molecule has 0 aromatic carbocycles. The molecule has 0 aliphatic rings. The van der Waals surface area contributed by atoms with Crippen LogP contribution in [0.25, 0.3) is 0 Å². The molecular weight excluding hydrogens is 204 g/mol. The van der Waals surface area contributed by atoms with Gasteiger partial charge in [-0.05, 0) is 5.56 Å². The second-order valence-corrected chi connectivity index (χ2v) is 3.46. The molecule has 0 saturated heterocycles. The van der Waals surface area contributed by atoms with E-state index in [0.29, 0.717) is 19.0 Å². The predicted molar refractivity (Wildman–Crippen MR) is 60.0 cm³/mol. The number of hydrogen-bond acceptors (Lipinski definition) is 4. The van der Waals surface area contributed by atoms with Crippen molar-refractivity contribution in [2.45, 2.75) is 13.1 Å². The van der Waals surface area contributed by atoms with Crippen LogP contribution in [0.3, 0.4) is 0 Å². The molecule has 0 amide bonds. The van der Waals surface area contributed by atoms with Crippen LogP contribution in [0.4, 0.5) is 0 Å². The Kier molecular flexibility index (Phi) is 3.16. The zero-order chi connectivity index (χ0) is 11.4. The molecule has 2 N–H and O–H groups in total. The van der Waals surface area contributed by atoms with Crippen molar-refractivity contribution in [3.05, 3.63) is 41.9 Å². The van der Waals surface area contributed by atoms with Gasteiger partial charge in [-0.25, -0.2) is 4.98 Å². The summed E-state index contributed by atoms with van der Waals surface area (Å²) in [6.45, 7) is 1.21. The minimum absolute atomic E-state index is 0.515. The van der Waals surface area contributed by atoms with E-state index in [1.54, 1.807) is 19.5 Å². The first-order valence-electron chi connectivity index (χ1n) is 5.02. The maximum absolute atomic E-state index is 5.51. The molecule has 0 fully saturated rings. The van der Waals surface area contributed by atoms with Crippen LogP contribution in [0.1, 0.15) is 11.1 Å². The van der Waals surface area contributed by atoms with Crippen LogP contribution in [0.2, 0.25) is 0 Å². The van der Waals surface area contributed by atoms with E-state index in [2.05, 4.69) is 10.1 Å². The molecule has 0 spiro atoms. The quantitative estimate of drug-likeness (QED) is 0.824. The van der Waals surface area contributed by atoms with E-state index in [9.17, 15) is 0 Å². The summed E-state index contributed by atoms with van der Waals surface area (Å²) in [5, 5.41) is 4.20. The summed E-state index contributed by atoms with van der Waals surface area (Å²) in [7, 11) is 1.60. The fourth-order valence-corrected chi connectivity index (χ4v) is 1.41. The van der Waals surface area contributed by atoms with Crippen molar-refractivity contribution in [2.75, 3.05) is 7.11 Å². The molecule has 0 unspecified atom stereocenters. The van der Waals surface area contributed by atoms with E-state index in [4.69, 9.17) is 10.5 Å². The van der Waals surface area contributed by atoms with Crippen molar-refractivity contribution in [1.29, 1.82) is 0 Å². The summed E-state index contributed by atoms with van der Waals surface area (Å²) >= 11 is 0. The third-order valence-corrected chi connectivity index (χ3v) is 2.27. The summed E-state index contributed by atoms with van der Waals surface area (Å²) in [4.78, 5) is 4.13. The van der Waals surface area contributed by atoms with Gasteiger partial charge in [-0.2, -0.15) is 5.10 Å². The van der Waals surface area contributed by atoms with Gasteiger partial charge in [0.15, 0.2) is 0 Å². The molecule has 5 nitrogen and oxygen atoms in total. The fraction of sp³-hybridized carbons (Fsp3) is 0.273. The van der Waals surface area contributed by atoms with E-state index in [0.717, 1.165) is 11.1 Å². The van der Waals surface area contributed by atoms with Gasteiger partial charge in [-0.15, -0.1) is 0 Å². The molecule has 16 heavy (non-hydrogen) atoms. The molecular formula is C11H14N4O. The van der Waals surface area contributed by atoms with Crippen molar-refractivity contribution < 1.29 is 4.74 Å². The number of methoxy groups -OCH3 is 1. The molecule has 2 rings (SSSR count). The van der Waals surface area contributed by atoms with E-state index in [1.165, 1.54) is 0 Å². The van der Waals surface area contributed by atoms with Crippen LogP contribution >= 0.6 is 0 Å². The Bertz CT molecular complexity index is 449. The highest BCUT2D eigenvalue weighted by atomic mass is 16.5. The first-order valence-corrected chi connectivity index (χ1v) is 5.02. The molecule has 0 bridgehead atoms. The number of nitrogens with zero attached hydrogens (tertiary/aromatic N) is 3. The average molecular weight is 218 g/mol. The zero-order valence-electron chi connectivity index (χ0n) is 9.13. The number of hydrogen-bond donors (Lipinski definition) is 1. The second-order valence-electron chi connectivity index (χ2n) is 3.46. The number of nitrogens with two attached hydrogens (primary N) is 1. The Balaban J connectivity index is 2.08. The van der Waals surface area contributed by atoms with E-state index in [-0.39, 0.29) is 0 Å². The van der Waals surface area contributed by atoms with Gasteiger partial charge in [0.25, 0.3) is 0 Å². The molecule has 0 aliphatic carbocycles. The summed E-state index contributed by atoms with van der Waals surface area (Å²) < 4.78 is 6.83. The maximum atomic E-state index is 5.51. The van der Waals surface area contributed by atoms with Gasteiger partial charge < -0.3 is 10.5 Å². The van der Waals surface area contributed by atoms with E-state index in [1.807, 2.05) is 23.0 Å². The van der Waals surface area contributed by atoms with Crippen LogP contribution in [0.5, 0.6) is 5.88 Å². The minimum atomic E-state index is 0.515. The van der Waals surface area contributed by atoms with Gasteiger partial charge in [-0.1, -0.05) is 6.07 Å². The normalized spacial score (nSPS) is 10.4. The number of pyridine rings is 1. The van der Waals surface area contributed by atoms with Gasteiger partial charge in [0.05, 0.1) is 19.9 Å². The molecule has 0 aliphatic heterocycles. The first-order chi connectivity index (χ1) is 7.81. The highest BCUT2D eigenvalue weighted by Gasteiger charge is 1.99. The first kappa shape index (κ1) is 10.6. The summed E-state index contributed by atoms with van der Waals surface area (Å²) in [6, 6.07) is 3.80. The highest BCUT2D eigenvalue weighted by molar-refractivity contribution is 5.18. The third-order valence-electron chi connectivity index (χ3n) is 2.27. The Morgan fingerprint density at radius 3 is 2.75 bits per heavy atom. The van der Waals surface area contributed by atoms with Crippen molar-refractivity contribution in [1.82, 2.24) is 14.8 Å². The molecule has 0 atom stereocenters. The van der Waals surface area contributed by atoms with E-state index >= 15 is 0 Å². The third kappa shape index (κ3) is 2.38. The van der Waals surface area contributed by atoms with Crippen molar-refractivity contribution in [3.63, 3.8) is 0 Å².